The molecule has 3 heteroatoms. The first-order valence-corrected chi connectivity index (χ1v) is 7.47. The summed E-state index contributed by atoms with van der Waals surface area (Å²) in [5, 5.41) is 15.9. The summed E-state index contributed by atoms with van der Waals surface area (Å²) < 4.78 is 0. The highest BCUT2D eigenvalue weighted by Gasteiger charge is 2.10. The van der Waals surface area contributed by atoms with Crippen LogP contribution < -0.4 is 5.32 Å². The molecular weight excluding hydrogens is 248 g/mol. The van der Waals surface area contributed by atoms with Crippen molar-refractivity contribution in [2.45, 2.75) is 12.8 Å². The van der Waals surface area contributed by atoms with E-state index in [4.69, 9.17) is 0 Å². The smallest absolute Gasteiger partial charge is 0.119 e. The molecule has 2 N–H and O–H groups in total. The van der Waals surface area contributed by atoms with Crippen LogP contribution in [0.1, 0.15) is 12.0 Å². The standard InChI is InChI=1S/C17H22N2O/c20-17-8-7-14-4-1-2-5-15(14)16(17)6-3-11-19-12-9-18-10-13-19/h1-2,4-5,7-8,18,20H,3,6,9-13H2. The number of nitrogens with one attached hydrogen (secondary N) is 1. The van der Waals surface area contributed by atoms with Gasteiger partial charge in [-0.25, -0.2) is 0 Å². The van der Waals surface area contributed by atoms with Gasteiger partial charge in [-0.1, -0.05) is 30.3 Å². The van der Waals surface area contributed by atoms with Crippen LogP contribution in [0.5, 0.6) is 5.75 Å². The molecule has 0 aliphatic carbocycles. The van der Waals surface area contributed by atoms with Gasteiger partial charge in [0, 0.05) is 31.7 Å². The van der Waals surface area contributed by atoms with Crippen LogP contribution in [0.25, 0.3) is 10.8 Å². The van der Waals surface area contributed by atoms with Crippen LogP contribution >= 0.6 is 0 Å². The molecule has 0 bridgehead atoms. The molecule has 0 atom stereocenters. The first-order chi connectivity index (χ1) is 9.84. The van der Waals surface area contributed by atoms with Gasteiger partial charge in [0.25, 0.3) is 0 Å². The molecule has 0 aromatic heterocycles. The fourth-order valence-electron chi connectivity index (χ4n) is 3.00. The minimum Gasteiger partial charge on any atom is -0.508 e. The van der Waals surface area contributed by atoms with Crippen LogP contribution in [-0.2, 0) is 6.42 Å². The molecule has 0 radical (unpaired) electrons. The van der Waals surface area contributed by atoms with Gasteiger partial charge >= 0.3 is 0 Å². The predicted octanol–water partition coefficient (Wildman–Crippen LogP) is 2.38. The van der Waals surface area contributed by atoms with E-state index in [1.54, 1.807) is 0 Å². The van der Waals surface area contributed by atoms with Crippen molar-refractivity contribution < 1.29 is 5.11 Å². The number of benzene rings is 2. The van der Waals surface area contributed by atoms with Gasteiger partial charge in [0.05, 0.1) is 0 Å². The number of aromatic hydroxyl groups is 1. The summed E-state index contributed by atoms with van der Waals surface area (Å²) in [6.45, 7) is 5.59. The van der Waals surface area contributed by atoms with E-state index < -0.39 is 0 Å². The van der Waals surface area contributed by atoms with Crippen molar-refractivity contribution in [3.05, 3.63) is 42.0 Å². The molecule has 0 saturated carbocycles. The first-order valence-electron chi connectivity index (χ1n) is 7.47. The van der Waals surface area contributed by atoms with Gasteiger partial charge in [0.1, 0.15) is 5.75 Å². The van der Waals surface area contributed by atoms with Crippen molar-refractivity contribution in [2.75, 3.05) is 32.7 Å². The number of aryl methyl sites for hydroxylation is 1. The lowest BCUT2D eigenvalue weighted by Crippen LogP contribution is -2.43. The quantitative estimate of drug-likeness (QED) is 0.895. The molecule has 0 spiro atoms. The average molecular weight is 270 g/mol. The summed E-state index contributed by atoms with van der Waals surface area (Å²) in [7, 11) is 0. The van der Waals surface area contributed by atoms with Crippen molar-refractivity contribution in [1.29, 1.82) is 0 Å². The van der Waals surface area contributed by atoms with E-state index in [1.165, 1.54) is 10.8 Å². The molecule has 1 aliphatic rings. The van der Waals surface area contributed by atoms with Crippen LogP contribution in [-0.4, -0.2) is 42.7 Å². The molecule has 0 amide bonds. The Morgan fingerprint density at radius 3 is 2.70 bits per heavy atom. The third-order valence-electron chi connectivity index (χ3n) is 4.13. The van der Waals surface area contributed by atoms with Gasteiger partial charge in [0.15, 0.2) is 0 Å². The van der Waals surface area contributed by atoms with E-state index in [9.17, 15) is 5.11 Å². The molecule has 3 rings (SSSR count). The minimum absolute atomic E-state index is 0.434. The van der Waals surface area contributed by atoms with E-state index in [1.807, 2.05) is 24.3 Å². The van der Waals surface area contributed by atoms with Gasteiger partial charge in [-0.3, -0.25) is 0 Å². The number of hydrogen-bond donors (Lipinski definition) is 2. The summed E-state index contributed by atoms with van der Waals surface area (Å²) in [5.74, 6) is 0.434. The number of phenolic OH excluding ortho intramolecular Hbond substituents is 1. The molecule has 2 aromatic carbocycles. The Morgan fingerprint density at radius 2 is 1.85 bits per heavy atom. The zero-order valence-corrected chi connectivity index (χ0v) is 11.8. The number of nitrogens with zero attached hydrogens (tertiary/aromatic N) is 1. The van der Waals surface area contributed by atoms with Crippen LogP contribution in [0, 0.1) is 0 Å². The molecule has 106 valence electrons. The van der Waals surface area contributed by atoms with Gasteiger partial charge in [-0.2, -0.15) is 0 Å². The normalized spacial score (nSPS) is 16.6. The Balaban J connectivity index is 1.68. The Labute approximate surface area is 120 Å². The molecule has 1 aliphatic heterocycles. The van der Waals surface area contributed by atoms with Crippen molar-refractivity contribution in [2.24, 2.45) is 0 Å². The number of fused-ring (bicyclic) bond motifs is 1. The summed E-state index contributed by atoms with van der Waals surface area (Å²) >= 11 is 0. The van der Waals surface area contributed by atoms with Crippen molar-refractivity contribution in [3.63, 3.8) is 0 Å². The van der Waals surface area contributed by atoms with E-state index in [0.717, 1.165) is 51.1 Å². The second kappa shape index (κ2) is 6.25. The molecule has 1 fully saturated rings. The summed E-state index contributed by atoms with van der Waals surface area (Å²) in [6.07, 6.45) is 2.04. The summed E-state index contributed by atoms with van der Waals surface area (Å²) in [5.41, 5.74) is 1.10. The Hall–Kier alpha value is -1.58. The van der Waals surface area contributed by atoms with Crippen LogP contribution in [0.3, 0.4) is 0 Å². The minimum atomic E-state index is 0.434. The van der Waals surface area contributed by atoms with E-state index in [2.05, 4.69) is 22.3 Å². The maximum atomic E-state index is 10.1. The monoisotopic (exact) mass is 270 g/mol. The van der Waals surface area contributed by atoms with E-state index in [0.29, 0.717) is 5.75 Å². The Bertz CT molecular complexity index is 576. The van der Waals surface area contributed by atoms with Crippen LogP contribution in [0.2, 0.25) is 0 Å². The summed E-state index contributed by atoms with van der Waals surface area (Å²) in [4.78, 5) is 2.50. The van der Waals surface area contributed by atoms with Gasteiger partial charge in [-0.15, -0.1) is 0 Å². The third kappa shape index (κ3) is 2.94. The number of piperazine rings is 1. The van der Waals surface area contributed by atoms with E-state index >= 15 is 0 Å². The Morgan fingerprint density at radius 1 is 1.05 bits per heavy atom. The van der Waals surface area contributed by atoms with Crippen molar-refractivity contribution >= 4 is 10.8 Å². The average Bonchev–Trinajstić information content (AvgIpc) is 2.50. The highest BCUT2D eigenvalue weighted by molar-refractivity contribution is 5.87. The second-order valence-corrected chi connectivity index (χ2v) is 5.48. The van der Waals surface area contributed by atoms with Crippen molar-refractivity contribution in [3.8, 4) is 5.75 Å². The fourth-order valence-corrected chi connectivity index (χ4v) is 3.00. The lowest BCUT2D eigenvalue weighted by atomic mass is 9.99. The molecule has 20 heavy (non-hydrogen) atoms. The highest BCUT2D eigenvalue weighted by atomic mass is 16.3. The van der Waals surface area contributed by atoms with Crippen molar-refractivity contribution in [1.82, 2.24) is 10.2 Å². The number of phenols is 1. The van der Waals surface area contributed by atoms with Crippen LogP contribution in [0.4, 0.5) is 0 Å². The highest BCUT2D eigenvalue weighted by Crippen LogP contribution is 2.28. The predicted molar refractivity (Wildman–Crippen MR) is 83.2 cm³/mol. The van der Waals surface area contributed by atoms with Crippen LogP contribution in [0.15, 0.2) is 36.4 Å². The lowest BCUT2D eigenvalue weighted by molar-refractivity contribution is 0.238. The van der Waals surface area contributed by atoms with Gasteiger partial charge in [-0.05, 0) is 36.2 Å². The summed E-state index contributed by atoms with van der Waals surface area (Å²) in [6, 6.07) is 12.1. The van der Waals surface area contributed by atoms with Gasteiger partial charge < -0.3 is 15.3 Å². The SMILES string of the molecule is Oc1ccc2ccccc2c1CCCN1CCNCC1. The maximum Gasteiger partial charge on any atom is 0.119 e. The maximum absolute atomic E-state index is 10.1. The first kappa shape index (κ1) is 13.4. The zero-order chi connectivity index (χ0) is 13.8. The molecule has 0 unspecified atom stereocenters. The topological polar surface area (TPSA) is 35.5 Å². The molecule has 2 aromatic rings. The molecular formula is C17H22N2O. The number of hydrogen-bond acceptors (Lipinski definition) is 3. The molecule has 1 saturated heterocycles. The molecule has 1 heterocycles. The zero-order valence-electron chi connectivity index (χ0n) is 11.8. The van der Waals surface area contributed by atoms with Gasteiger partial charge in [0.2, 0.25) is 0 Å². The fraction of sp³-hybridized carbons (Fsp3) is 0.412. The molecule has 3 nitrogen and oxygen atoms in total. The lowest BCUT2D eigenvalue weighted by Gasteiger charge is -2.27. The largest absolute Gasteiger partial charge is 0.508 e. The Kier molecular flexibility index (Phi) is 4.19. The second-order valence-electron chi connectivity index (χ2n) is 5.48. The number of rotatable bonds is 4. The third-order valence-corrected chi connectivity index (χ3v) is 4.13. The van der Waals surface area contributed by atoms with E-state index in [-0.39, 0.29) is 0 Å².